The number of likely N-dealkylation sites (tertiary alicyclic amines) is 2. The number of fused-ring (bicyclic) bond motifs is 1. The first-order chi connectivity index (χ1) is 13.1. The van der Waals surface area contributed by atoms with Gasteiger partial charge in [-0.3, -0.25) is 19.2 Å². The predicted octanol–water partition coefficient (Wildman–Crippen LogP) is 0.291. The number of nitrogens with two attached hydrogens (primary N) is 1. The number of hydrogen-bond donors (Lipinski definition) is 2. The first-order valence-corrected chi connectivity index (χ1v) is 10.2. The van der Waals surface area contributed by atoms with Crippen molar-refractivity contribution in [1.29, 1.82) is 0 Å². The van der Waals surface area contributed by atoms with Gasteiger partial charge in [-0.25, -0.2) is 0 Å². The van der Waals surface area contributed by atoms with E-state index >= 15 is 0 Å². The van der Waals surface area contributed by atoms with Gasteiger partial charge in [0, 0.05) is 13.5 Å². The van der Waals surface area contributed by atoms with Crippen molar-refractivity contribution in [3.63, 3.8) is 0 Å². The number of rotatable bonds is 7. The van der Waals surface area contributed by atoms with E-state index in [0.717, 1.165) is 6.42 Å². The van der Waals surface area contributed by atoms with Crippen LogP contribution in [0.2, 0.25) is 0 Å². The van der Waals surface area contributed by atoms with Crippen molar-refractivity contribution >= 4 is 23.5 Å². The third-order valence-electron chi connectivity index (χ3n) is 5.87. The SMILES string of the molecule is CCC(C)C(NC(C)=O)C(=O)N1CC(=O)C2C1CCN2C(=O)C(N)CC(C)C. The fraction of sp³-hybridized carbons (Fsp3) is 0.800. The van der Waals surface area contributed by atoms with Crippen molar-refractivity contribution in [2.24, 2.45) is 17.6 Å². The number of ketones is 1. The van der Waals surface area contributed by atoms with Crippen LogP contribution < -0.4 is 11.1 Å². The Morgan fingerprint density at radius 2 is 1.82 bits per heavy atom. The molecule has 8 nitrogen and oxygen atoms in total. The molecule has 158 valence electrons. The zero-order valence-electron chi connectivity index (χ0n) is 17.6. The van der Waals surface area contributed by atoms with Gasteiger partial charge in [-0.2, -0.15) is 0 Å². The molecule has 2 rings (SSSR count). The van der Waals surface area contributed by atoms with E-state index in [9.17, 15) is 19.2 Å². The molecule has 0 spiro atoms. The molecular formula is C20H34N4O4. The average molecular weight is 395 g/mol. The van der Waals surface area contributed by atoms with E-state index in [1.165, 1.54) is 6.92 Å². The van der Waals surface area contributed by atoms with E-state index < -0.39 is 18.1 Å². The van der Waals surface area contributed by atoms with Gasteiger partial charge in [0.05, 0.1) is 18.6 Å². The third kappa shape index (κ3) is 4.54. The lowest BCUT2D eigenvalue weighted by atomic mass is 9.97. The quantitative estimate of drug-likeness (QED) is 0.644. The highest BCUT2D eigenvalue weighted by atomic mass is 16.2. The number of amides is 3. The maximum absolute atomic E-state index is 13.2. The van der Waals surface area contributed by atoms with Gasteiger partial charge in [-0.15, -0.1) is 0 Å². The molecule has 0 aromatic rings. The normalized spacial score (nSPS) is 24.9. The van der Waals surface area contributed by atoms with Crippen molar-refractivity contribution in [2.75, 3.05) is 13.1 Å². The van der Waals surface area contributed by atoms with Gasteiger partial charge in [0.1, 0.15) is 12.1 Å². The molecular weight excluding hydrogens is 360 g/mol. The molecule has 2 fully saturated rings. The smallest absolute Gasteiger partial charge is 0.246 e. The fourth-order valence-corrected chi connectivity index (χ4v) is 4.26. The number of hydrogen-bond acceptors (Lipinski definition) is 5. The maximum Gasteiger partial charge on any atom is 0.246 e. The minimum absolute atomic E-state index is 0.0239. The molecule has 2 aliphatic heterocycles. The number of carbonyl (C=O) groups excluding carboxylic acids is 4. The summed E-state index contributed by atoms with van der Waals surface area (Å²) in [6.45, 7) is 9.64. The lowest BCUT2D eigenvalue weighted by Crippen LogP contribution is -2.53. The van der Waals surface area contributed by atoms with Crippen LogP contribution in [0.1, 0.15) is 53.9 Å². The number of carbonyl (C=O) groups is 4. The molecule has 5 atom stereocenters. The Morgan fingerprint density at radius 1 is 1.18 bits per heavy atom. The summed E-state index contributed by atoms with van der Waals surface area (Å²) in [6, 6.07) is -2.26. The molecule has 0 aromatic carbocycles. The molecule has 0 aliphatic carbocycles. The van der Waals surface area contributed by atoms with E-state index in [4.69, 9.17) is 5.73 Å². The van der Waals surface area contributed by atoms with Crippen molar-refractivity contribution in [2.45, 2.75) is 78.0 Å². The van der Waals surface area contributed by atoms with Gasteiger partial charge in [0.15, 0.2) is 5.78 Å². The summed E-state index contributed by atoms with van der Waals surface area (Å²) in [4.78, 5) is 53.3. The molecule has 0 saturated carbocycles. The Morgan fingerprint density at radius 3 is 2.36 bits per heavy atom. The minimum atomic E-state index is -0.665. The van der Waals surface area contributed by atoms with Gasteiger partial charge >= 0.3 is 0 Å². The summed E-state index contributed by atoms with van der Waals surface area (Å²) in [6.07, 6.45) is 1.83. The first kappa shape index (κ1) is 22.3. The van der Waals surface area contributed by atoms with Crippen molar-refractivity contribution in [3.8, 4) is 0 Å². The molecule has 5 unspecified atom stereocenters. The summed E-state index contributed by atoms with van der Waals surface area (Å²) >= 11 is 0. The topological polar surface area (TPSA) is 113 Å². The Balaban J connectivity index is 2.17. The number of Topliss-reactive ketones (excluding diaryl/α,β-unsaturated/α-hetero) is 1. The van der Waals surface area contributed by atoms with Crippen LogP contribution in [0, 0.1) is 11.8 Å². The summed E-state index contributed by atoms with van der Waals surface area (Å²) in [5, 5.41) is 2.73. The highest BCUT2D eigenvalue weighted by molar-refractivity contribution is 5.99. The van der Waals surface area contributed by atoms with Crippen LogP contribution >= 0.6 is 0 Å². The highest BCUT2D eigenvalue weighted by Crippen LogP contribution is 2.31. The summed E-state index contributed by atoms with van der Waals surface area (Å²) in [7, 11) is 0. The van der Waals surface area contributed by atoms with E-state index in [-0.39, 0.29) is 47.9 Å². The zero-order valence-corrected chi connectivity index (χ0v) is 17.6. The Labute approximate surface area is 167 Å². The second-order valence-electron chi connectivity index (χ2n) is 8.56. The number of nitrogens with one attached hydrogen (secondary N) is 1. The van der Waals surface area contributed by atoms with Crippen LogP contribution in [-0.4, -0.2) is 70.6 Å². The fourth-order valence-electron chi connectivity index (χ4n) is 4.26. The molecule has 28 heavy (non-hydrogen) atoms. The molecule has 8 heteroatoms. The van der Waals surface area contributed by atoms with Crippen LogP contribution in [0.3, 0.4) is 0 Å². The molecule has 0 bridgehead atoms. The zero-order chi connectivity index (χ0) is 21.2. The van der Waals surface area contributed by atoms with Crippen molar-refractivity contribution < 1.29 is 19.2 Å². The number of nitrogens with zero attached hydrogens (tertiary/aromatic N) is 2. The molecule has 3 N–H and O–H groups in total. The van der Waals surface area contributed by atoms with Crippen molar-refractivity contribution in [1.82, 2.24) is 15.1 Å². The van der Waals surface area contributed by atoms with Gasteiger partial charge in [0.2, 0.25) is 17.7 Å². The molecule has 3 amide bonds. The lowest BCUT2D eigenvalue weighted by molar-refractivity contribution is -0.139. The van der Waals surface area contributed by atoms with Crippen LogP contribution in [0.15, 0.2) is 0 Å². The van der Waals surface area contributed by atoms with Gasteiger partial charge in [0.25, 0.3) is 0 Å². The second kappa shape index (κ2) is 9.03. The molecule has 2 aliphatic rings. The Hall–Kier alpha value is -1.96. The van der Waals surface area contributed by atoms with E-state index in [2.05, 4.69) is 5.32 Å². The van der Waals surface area contributed by atoms with Crippen LogP contribution in [0.25, 0.3) is 0 Å². The molecule has 0 radical (unpaired) electrons. The van der Waals surface area contributed by atoms with Crippen molar-refractivity contribution in [3.05, 3.63) is 0 Å². The lowest BCUT2D eigenvalue weighted by Gasteiger charge is -2.31. The van der Waals surface area contributed by atoms with Gasteiger partial charge in [-0.1, -0.05) is 34.1 Å². The van der Waals surface area contributed by atoms with Crippen LogP contribution in [-0.2, 0) is 19.2 Å². The predicted molar refractivity (Wildman–Crippen MR) is 105 cm³/mol. The van der Waals surface area contributed by atoms with Crippen LogP contribution in [0.4, 0.5) is 0 Å². The van der Waals surface area contributed by atoms with Gasteiger partial charge < -0.3 is 20.9 Å². The highest BCUT2D eigenvalue weighted by Gasteiger charge is 2.52. The van der Waals surface area contributed by atoms with E-state index in [0.29, 0.717) is 19.4 Å². The standard InChI is InChI=1S/C20H34N4O4/c1-6-12(4)17(22-13(5)25)20(28)24-10-16(26)18-15(24)7-8-23(18)19(27)14(21)9-11(2)3/h11-12,14-15,17-18H,6-10,21H2,1-5H3,(H,22,25). The molecule has 2 saturated heterocycles. The summed E-state index contributed by atoms with van der Waals surface area (Å²) < 4.78 is 0. The van der Waals surface area contributed by atoms with Gasteiger partial charge in [-0.05, 0) is 24.7 Å². The van der Waals surface area contributed by atoms with E-state index in [1.807, 2.05) is 27.7 Å². The summed E-state index contributed by atoms with van der Waals surface area (Å²) in [5.74, 6) is -0.640. The molecule has 0 aromatic heterocycles. The minimum Gasteiger partial charge on any atom is -0.344 e. The van der Waals surface area contributed by atoms with E-state index in [1.54, 1.807) is 9.80 Å². The second-order valence-corrected chi connectivity index (χ2v) is 8.56. The Kier molecular flexibility index (Phi) is 7.20. The molecule has 2 heterocycles. The Bertz CT molecular complexity index is 636. The largest absolute Gasteiger partial charge is 0.344 e. The third-order valence-corrected chi connectivity index (χ3v) is 5.87. The monoisotopic (exact) mass is 394 g/mol. The summed E-state index contributed by atoms with van der Waals surface area (Å²) in [5.41, 5.74) is 6.05. The van der Waals surface area contributed by atoms with Crippen LogP contribution in [0.5, 0.6) is 0 Å². The maximum atomic E-state index is 13.2. The first-order valence-electron chi connectivity index (χ1n) is 10.2. The average Bonchev–Trinajstić information content (AvgIpc) is 3.18.